The molecule has 1 unspecified atom stereocenters. The van der Waals surface area contributed by atoms with Gasteiger partial charge in [-0.05, 0) is 42.5 Å². The van der Waals surface area contributed by atoms with E-state index in [1.807, 2.05) is 18.8 Å². The normalized spacial score (nSPS) is 20.5. The molecule has 0 aliphatic carbocycles. The second kappa shape index (κ2) is 4.90. The third kappa shape index (κ3) is 2.29. The van der Waals surface area contributed by atoms with E-state index in [0.717, 1.165) is 11.5 Å². The molecule has 1 aliphatic heterocycles. The van der Waals surface area contributed by atoms with E-state index in [-0.39, 0.29) is 0 Å². The molecule has 1 heterocycles. The topological polar surface area (TPSA) is 21.3 Å². The molecule has 1 atom stereocenters. The summed E-state index contributed by atoms with van der Waals surface area (Å²) >= 11 is 2.01. The lowest BCUT2D eigenvalue weighted by atomic mass is 9.99. The summed E-state index contributed by atoms with van der Waals surface area (Å²) in [6.07, 6.45) is 1.20. The molecule has 1 aromatic carbocycles. The number of ether oxygens (including phenoxy) is 1. The predicted octanol–water partition coefficient (Wildman–Crippen LogP) is 2.59. The second-order valence-corrected chi connectivity index (χ2v) is 4.85. The van der Waals surface area contributed by atoms with Crippen LogP contribution >= 0.6 is 11.8 Å². The third-order valence-corrected chi connectivity index (χ3v) is 3.92. The van der Waals surface area contributed by atoms with E-state index in [1.54, 1.807) is 7.11 Å². The van der Waals surface area contributed by atoms with Crippen LogP contribution in [-0.2, 0) is 5.75 Å². The Morgan fingerprint density at radius 1 is 1.47 bits per heavy atom. The van der Waals surface area contributed by atoms with Gasteiger partial charge >= 0.3 is 0 Å². The highest BCUT2D eigenvalue weighted by atomic mass is 32.2. The fourth-order valence-electron chi connectivity index (χ4n) is 1.99. The Bertz CT molecular complexity index is 340. The number of thioether (sulfide) groups is 1. The maximum Gasteiger partial charge on any atom is 0.119 e. The van der Waals surface area contributed by atoms with Crippen LogP contribution in [0.4, 0.5) is 0 Å². The van der Waals surface area contributed by atoms with Gasteiger partial charge in [0.1, 0.15) is 5.75 Å². The molecule has 82 valence electrons. The molecule has 15 heavy (non-hydrogen) atoms. The molecule has 1 aliphatic rings. The molecule has 0 fully saturated rings. The van der Waals surface area contributed by atoms with E-state index in [1.165, 1.54) is 23.3 Å². The molecule has 0 aromatic heterocycles. The van der Waals surface area contributed by atoms with Crippen LogP contribution in [-0.4, -0.2) is 19.9 Å². The van der Waals surface area contributed by atoms with Crippen LogP contribution in [0.2, 0.25) is 0 Å². The lowest BCUT2D eigenvalue weighted by molar-refractivity contribution is 0.413. The van der Waals surface area contributed by atoms with Gasteiger partial charge in [0.15, 0.2) is 0 Å². The van der Waals surface area contributed by atoms with Crippen LogP contribution in [0.3, 0.4) is 0 Å². The zero-order valence-corrected chi connectivity index (χ0v) is 10.1. The summed E-state index contributed by atoms with van der Waals surface area (Å²) in [7, 11) is 3.76. The van der Waals surface area contributed by atoms with Crippen molar-refractivity contribution in [3.63, 3.8) is 0 Å². The molecule has 0 bridgehead atoms. The summed E-state index contributed by atoms with van der Waals surface area (Å²) in [4.78, 5) is 0. The van der Waals surface area contributed by atoms with Crippen molar-refractivity contribution in [3.05, 3.63) is 29.3 Å². The molecule has 0 spiro atoms. The standard InChI is InChI=1S/C12H17NOS/c1-13-12-5-6-15-8-9-3-4-10(14-2)7-11(9)12/h3-4,7,12-13H,5-6,8H2,1-2H3. The number of hydrogen-bond acceptors (Lipinski definition) is 3. The van der Waals surface area contributed by atoms with Crippen molar-refractivity contribution in [2.75, 3.05) is 19.9 Å². The van der Waals surface area contributed by atoms with Gasteiger partial charge < -0.3 is 10.1 Å². The first-order chi connectivity index (χ1) is 7.35. The summed E-state index contributed by atoms with van der Waals surface area (Å²) in [5, 5.41) is 3.38. The van der Waals surface area contributed by atoms with Crippen molar-refractivity contribution < 1.29 is 4.74 Å². The van der Waals surface area contributed by atoms with Crippen molar-refractivity contribution in [1.82, 2.24) is 5.32 Å². The van der Waals surface area contributed by atoms with E-state index in [2.05, 4.69) is 23.5 Å². The number of rotatable bonds is 2. The van der Waals surface area contributed by atoms with E-state index in [0.29, 0.717) is 6.04 Å². The largest absolute Gasteiger partial charge is 0.497 e. The van der Waals surface area contributed by atoms with E-state index < -0.39 is 0 Å². The van der Waals surface area contributed by atoms with Crippen molar-refractivity contribution in [3.8, 4) is 5.75 Å². The van der Waals surface area contributed by atoms with Gasteiger partial charge in [-0.2, -0.15) is 11.8 Å². The average molecular weight is 223 g/mol. The van der Waals surface area contributed by atoms with Crippen LogP contribution in [0.1, 0.15) is 23.6 Å². The van der Waals surface area contributed by atoms with Crippen LogP contribution in [0.25, 0.3) is 0 Å². The minimum Gasteiger partial charge on any atom is -0.497 e. The molecule has 3 heteroatoms. The molecule has 2 nitrogen and oxygen atoms in total. The van der Waals surface area contributed by atoms with E-state index >= 15 is 0 Å². The summed E-state index contributed by atoms with van der Waals surface area (Å²) in [6.45, 7) is 0. The zero-order chi connectivity index (χ0) is 10.7. The lowest BCUT2D eigenvalue weighted by Crippen LogP contribution is -2.17. The first-order valence-electron chi connectivity index (χ1n) is 5.27. The molecule has 1 N–H and O–H groups in total. The minimum atomic E-state index is 0.477. The van der Waals surface area contributed by atoms with Crippen molar-refractivity contribution in [2.24, 2.45) is 0 Å². The van der Waals surface area contributed by atoms with E-state index in [4.69, 9.17) is 4.74 Å². The smallest absolute Gasteiger partial charge is 0.119 e. The van der Waals surface area contributed by atoms with Crippen LogP contribution in [0, 0.1) is 0 Å². The monoisotopic (exact) mass is 223 g/mol. The summed E-state index contributed by atoms with van der Waals surface area (Å²) in [5.74, 6) is 3.31. The molecular weight excluding hydrogens is 206 g/mol. The summed E-state index contributed by atoms with van der Waals surface area (Å²) in [5.41, 5.74) is 2.85. The fourth-order valence-corrected chi connectivity index (χ4v) is 3.02. The van der Waals surface area contributed by atoms with Crippen LogP contribution in [0.15, 0.2) is 18.2 Å². The van der Waals surface area contributed by atoms with Crippen molar-refractivity contribution in [1.29, 1.82) is 0 Å². The second-order valence-electron chi connectivity index (χ2n) is 3.75. The molecule has 1 aromatic rings. The zero-order valence-electron chi connectivity index (χ0n) is 9.25. The number of fused-ring (bicyclic) bond motifs is 1. The molecular formula is C12H17NOS. The number of benzene rings is 1. The molecule has 0 radical (unpaired) electrons. The van der Waals surface area contributed by atoms with Gasteiger partial charge in [-0.15, -0.1) is 0 Å². The Kier molecular flexibility index (Phi) is 3.54. The van der Waals surface area contributed by atoms with Gasteiger partial charge in [0.2, 0.25) is 0 Å². The van der Waals surface area contributed by atoms with E-state index in [9.17, 15) is 0 Å². The third-order valence-electron chi connectivity index (χ3n) is 2.89. The maximum absolute atomic E-state index is 5.28. The quantitative estimate of drug-likeness (QED) is 0.832. The van der Waals surface area contributed by atoms with Gasteiger partial charge in [0.25, 0.3) is 0 Å². The van der Waals surface area contributed by atoms with Crippen molar-refractivity contribution >= 4 is 11.8 Å². The molecule has 0 amide bonds. The van der Waals surface area contributed by atoms with Crippen molar-refractivity contribution in [2.45, 2.75) is 18.2 Å². The number of nitrogens with one attached hydrogen (secondary N) is 1. The highest BCUT2D eigenvalue weighted by Gasteiger charge is 2.17. The van der Waals surface area contributed by atoms with Gasteiger partial charge in [-0.25, -0.2) is 0 Å². The molecule has 0 saturated heterocycles. The van der Waals surface area contributed by atoms with Gasteiger partial charge in [-0.3, -0.25) is 0 Å². The predicted molar refractivity (Wildman–Crippen MR) is 65.6 cm³/mol. The fraction of sp³-hybridized carbons (Fsp3) is 0.500. The SMILES string of the molecule is CNC1CCSCc2ccc(OC)cc21. The molecule has 2 rings (SSSR count). The highest BCUT2D eigenvalue weighted by molar-refractivity contribution is 7.98. The van der Waals surface area contributed by atoms with Crippen LogP contribution in [0.5, 0.6) is 5.75 Å². The Hall–Kier alpha value is -0.670. The summed E-state index contributed by atoms with van der Waals surface area (Å²) in [6, 6.07) is 6.89. The highest BCUT2D eigenvalue weighted by Crippen LogP contribution is 2.32. The van der Waals surface area contributed by atoms with Gasteiger partial charge in [0, 0.05) is 11.8 Å². The number of hydrogen-bond donors (Lipinski definition) is 1. The van der Waals surface area contributed by atoms with Gasteiger partial charge in [-0.1, -0.05) is 6.07 Å². The minimum absolute atomic E-state index is 0.477. The summed E-state index contributed by atoms with van der Waals surface area (Å²) < 4.78 is 5.28. The lowest BCUT2D eigenvalue weighted by Gasteiger charge is -2.17. The Morgan fingerprint density at radius 2 is 2.33 bits per heavy atom. The Morgan fingerprint density at radius 3 is 3.07 bits per heavy atom. The Labute approximate surface area is 95.4 Å². The maximum atomic E-state index is 5.28. The van der Waals surface area contributed by atoms with Gasteiger partial charge in [0.05, 0.1) is 7.11 Å². The average Bonchev–Trinajstić information content (AvgIpc) is 2.49. The Balaban J connectivity index is 2.38. The molecule has 0 saturated carbocycles. The first kappa shape index (κ1) is 10.8. The number of methoxy groups -OCH3 is 1. The first-order valence-corrected chi connectivity index (χ1v) is 6.42. The van der Waals surface area contributed by atoms with Crippen LogP contribution < -0.4 is 10.1 Å².